The summed E-state index contributed by atoms with van der Waals surface area (Å²) in [7, 11) is 0. The van der Waals surface area contributed by atoms with E-state index >= 15 is 0 Å². The highest BCUT2D eigenvalue weighted by Gasteiger charge is 2.32. The van der Waals surface area contributed by atoms with Crippen molar-refractivity contribution in [2.75, 3.05) is 6.54 Å². The number of likely N-dealkylation sites (tertiary alicyclic amines) is 1. The Kier molecular flexibility index (Phi) is 7.07. The quantitative estimate of drug-likeness (QED) is 0.519. The summed E-state index contributed by atoms with van der Waals surface area (Å²) in [6.45, 7) is 3.20. The largest absolute Gasteiger partial charge is 0.489 e. The molecule has 1 aliphatic heterocycles. The van der Waals surface area contributed by atoms with Crippen LogP contribution >= 0.6 is 0 Å². The van der Waals surface area contributed by atoms with Crippen LogP contribution in [0.25, 0.3) is 0 Å². The molecule has 7 heteroatoms. The molecule has 2 aromatic carbocycles. The first-order valence-electron chi connectivity index (χ1n) is 11.2. The molecule has 7 nitrogen and oxygen atoms in total. The molecule has 1 fully saturated rings. The summed E-state index contributed by atoms with van der Waals surface area (Å²) in [5, 5.41) is 12.9. The van der Waals surface area contributed by atoms with Crippen LogP contribution in [0.3, 0.4) is 0 Å². The van der Waals surface area contributed by atoms with Crippen LogP contribution in [0, 0.1) is 6.92 Å². The number of carbonyl (C=O) groups excluding carboxylic acids is 1. The molecule has 1 aromatic heterocycles. The van der Waals surface area contributed by atoms with Gasteiger partial charge in [0.15, 0.2) is 0 Å². The van der Waals surface area contributed by atoms with Crippen molar-refractivity contribution in [1.82, 2.24) is 10.1 Å². The minimum atomic E-state index is -0.877. The number of carbonyl (C=O) groups is 2. The first-order chi connectivity index (χ1) is 16.0. The van der Waals surface area contributed by atoms with Gasteiger partial charge in [0.2, 0.25) is 5.91 Å². The van der Waals surface area contributed by atoms with E-state index in [0.29, 0.717) is 37.4 Å². The average Bonchev–Trinajstić information content (AvgIpc) is 3.48. The van der Waals surface area contributed by atoms with Crippen molar-refractivity contribution in [2.45, 2.75) is 51.7 Å². The molecule has 3 aromatic rings. The maximum atomic E-state index is 13.0. The van der Waals surface area contributed by atoms with Crippen molar-refractivity contribution in [3.63, 3.8) is 0 Å². The smallest absolute Gasteiger partial charge is 0.303 e. The monoisotopic (exact) mass is 448 g/mol. The number of nitrogens with zero attached hydrogens (tertiary/aromatic N) is 2. The minimum Gasteiger partial charge on any atom is -0.489 e. The van der Waals surface area contributed by atoms with E-state index in [4.69, 9.17) is 14.4 Å². The van der Waals surface area contributed by atoms with Crippen LogP contribution in [-0.2, 0) is 29.0 Å². The third kappa shape index (κ3) is 6.00. The topological polar surface area (TPSA) is 92.9 Å². The molecule has 2 heterocycles. The summed E-state index contributed by atoms with van der Waals surface area (Å²) in [6, 6.07) is 17.5. The lowest BCUT2D eigenvalue weighted by atomic mass is 10.1. The van der Waals surface area contributed by atoms with Gasteiger partial charge in [-0.25, -0.2) is 0 Å². The third-order valence-electron chi connectivity index (χ3n) is 5.88. The summed E-state index contributed by atoms with van der Waals surface area (Å²) in [5.41, 5.74) is 3.89. The number of rotatable bonds is 9. The number of aliphatic carboxylic acids is 1. The molecule has 1 amide bonds. The van der Waals surface area contributed by atoms with Gasteiger partial charge in [-0.2, -0.15) is 0 Å². The second-order valence-corrected chi connectivity index (χ2v) is 8.45. The molecule has 0 spiro atoms. The van der Waals surface area contributed by atoms with Gasteiger partial charge in [0.25, 0.3) is 0 Å². The van der Waals surface area contributed by atoms with Gasteiger partial charge in [-0.1, -0.05) is 47.1 Å². The van der Waals surface area contributed by atoms with Crippen LogP contribution in [-0.4, -0.2) is 33.6 Å². The fraction of sp³-hybridized carbons (Fsp3) is 0.346. The molecule has 1 atom stereocenters. The number of hydrogen-bond donors (Lipinski definition) is 1. The van der Waals surface area contributed by atoms with E-state index in [1.807, 2.05) is 60.4 Å². The lowest BCUT2D eigenvalue weighted by molar-refractivity contribution is -0.137. The zero-order valence-electron chi connectivity index (χ0n) is 18.7. The summed E-state index contributed by atoms with van der Waals surface area (Å²) in [6.07, 6.45) is 2.34. The van der Waals surface area contributed by atoms with Crippen LogP contribution in [0.4, 0.5) is 0 Å². The van der Waals surface area contributed by atoms with Gasteiger partial charge >= 0.3 is 5.97 Å². The maximum Gasteiger partial charge on any atom is 0.303 e. The van der Waals surface area contributed by atoms with Gasteiger partial charge < -0.3 is 19.3 Å². The van der Waals surface area contributed by atoms with E-state index in [9.17, 15) is 9.59 Å². The number of carboxylic acid groups (broad SMARTS) is 1. The highest BCUT2D eigenvalue weighted by molar-refractivity contribution is 5.79. The van der Waals surface area contributed by atoms with Crippen LogP contribution in [0.2, 0.25) is 0 Å². The predicted molar refractivity (Wildman–Crippen MR) is 122 cm³/mol. The van der Waals surface area contributed by atoms with Gasteiger partial charge in [-0.15, -0.1) is 0 Å². The molecule has 33 heavy (non-hydrogen) atoms. The number of carboxylic acids is 1. The molecule has 0 bridgehead atoms. The summed E-state index contributed by atoms with van der Waals surface area (Å²) >= 11 is 0. The van der Waals surface area contributed by atoms with E-state index in [1.165, 1.54) is 5.56 Å². The molecule has 1 saturated heterocycles. The summed E-state index contributed by atoms with van der Waals surface area (Å²) in [5.74, 6) is 0.545. The van der Waals surface area contributed by atoms with Crippen molar-refractivity contribution in [2.24, 2.45) is 0 Å². The molecular formula is C26H28N2O5. The normalized spacial score (nSPS) is 15.5. The number of aryl methyl sites for hydroxylation is 2. The zero-order valence-corrected chi connectivity index (χ0v) is 18.7. The van der Waals surface area contributed by atoms with Crippen molar-refractivity contribution < 1.29 is 24.0 Å². The van der Waals surface area contributed by atoms with Gasteiger partial charge in [-0.3, -0.25) is 9.59 Å². The molecule has 172 valence electrons. The average molecular weight is 449 g/mol. The molecule has 0 saturated carbocycles. The van der Waals surface area contributed by atoms with Crippen LogP contribution in [0.1, 0.15) is 53.4 Å². The van der Waals surface area contributed by atoms with E-state index in [2.05, 4.69) is 5.16 Å². The summed E-state index contributed by atoms with van der Waals surface area (Å²) in [4.78, 5) is 25.6. The van der Waals surface area contributed by atoms with E-state index in [1.54, 1.807) is 6.07 Å². The van der Waals surface area contributed by atoms with Gasteiger partial charge in [0.1, 0.15) is 23.8 Å². The molecule has 1 unspecified atom stereocenters. The highest BCUT2D eigenvalue weighted by atomic mass is 16.5. The second-order valence-electron chi connectivity index (χ2n) is 8.45. The lowest BCUT2D eigenvalue weighted by Crippen LogP contribution is -2.32. The molecule has 0 aliphatic carbocycles. The molecule has 1 aliphatic rings. The molecule has 0 radical (unpaired) electrons. The Bertz CT molecular complexity index is 1090. The van der Waals surface area contributed by atoms with E-state index in [-0.39, 0.29) is 18.4 Å². The van der Waals surface area contributed by atoms with Gasteiger partial charge in [-0.05, 0) is 43.0 Å². The minimum absolute atomic E-state index is 0.00595. The zero-order chi connectivity index (χ0) is 23.2. The van der Waals surface area contributed by atoms with Crippen molar-refractivity contribution in [3.8, 4) is 5.75 Å². The molecule has 1 N–H and O–H groups in total. The Labute approximate surface area is 193 Å². The van der Waals surface area contributed by atoms with Gasteiger partial charge in [0.05, 0.1) is 18.9 Å². The standard InChI is InChI=1S/C26H28N2O5/c1-18-4-10-21(11-5-18)32-17-20-8-6-19(7-9-20)15-25(29)28-14-2-3-24(28)23-16-22(33-27-23)12-13-26(30)31/h4-11,16,24H,2-3,12-15,17H2,1H3,(H,30,31). The first kappa shape index (κ1) is 22.6. The van der Waals surface area contributed by atoms with Gasteiger partial charge in [0, 0.05) is 19.0 Å². The fourth-order valence-electron chi connectivity index (χ4n) is 4.04. The maximum absolute atomic E-state index is 13.0. The molecular weight excluding hydrogens is 420 g/mol. The Morgan fingerprint density at radius 3 is 2.58 bits per heavy atom. The van der Waals surface area contributed by atoms with Crippen molar-refractivity contribution in [3.05, 3.63) is 82.7 Å². The molecule has 4 rings (SSSR count). The number of amides is 1. The van der Waals surface area contributed by atoms with Crippen molar-refractivity contribution >= 4 is 11.9 Å². The number of ether oxygens (including phenoxy) is 1. The fourth-order valence-corrected chi connectivity index (χ4v) is 4.04. The van der Waals surface area contributed by atoms with Crippen LogP contribution < -0.4 is 4.74 Å². The Hall–Kier alpha value is -3.61. The SMILES string of the molecule is Cc1ccc(OCc2ccc(CC(=O)N3CCCC3c3cc(CCC(=O)O)on3)cc2)cc1. The van der Waals surface area contributed by atoms with Crippen LogP contribution in [0.5, 0.6) is 5.75 Å². The second kappa shape index (κ2) is 10.3. The van der Waals surface area contributed by atoms with Crippen molar-refractivity contribution in [1.29, 1.82) is 0 Å². The Balaban J connectivity index is 1.32. The number of benzene rings is 2. The lowest BCUT2D eigenvalue weighted by Gasteiger charge is -2.23. The number of hydrogen-bond acceptors (Lipinski definition) is 5. The predicted octanol–water partition coefficient (Wildman–Crippen LogP) is 4.49. The highest BCUT2D eigenvalue weighted by Crippen LogP contribution is 2.32. The first-order valence-corrected chi connectivity index (χ1v) is 11.2. The third-order valence-corrected chi connectivity index (χ3v) is 5.88. The van der Waals surface area contributed by atoms with E-state index in [0.717, 1.165) is 29.7 Å². The Morgan fingerprint density at radius 2 is 1.85 bits per heavy atom. The number of aromatic nitrogens is 1. The van der Waals surface area contributed by atoms with E-state index < -0.39 is 5.97 Å². The summed E-state index contributed by atoms with van der Waals surface area (Å²) < 4.78 is 11.1. The Morgan fingerprint density at radius 1 is 1.12 bits per heavy atom. The van der Waals surface area contributed by atoms with Crippen LogP contribution in [0.15, 0.2) is 59.1 Å².